The average Bonchev–Trinajstić information content (AvgIpc) is 3.32. The van der Waals surface area contributed by atoms with E-state index >= 15 is 0 Å². The minimum atomic E-state index is -0.921. The van der Waals surface area contributed by atoms with Gasteiger partial charge in [-0.3, -0.25) is 14.2 Å². The number of anilines is 1. The summed E-state index contributed by atoms with van der Waals surface area (Å²) in [5, 5.41) is 5.78. The monoisotopic (exact) mass is 540 g/mol. The highest BCUT2D eigenvalue weighted by Crippen LogP contribution is 2.30. The van der Waals surface area contributed by atoms with Crippen LogP contribution < -0.4 is 10.9 Å². The summed E-state index contributed by atoms with van der Waals surface area (Å²) in [7, 11) is 0. The van der Waals surface area contributed by atoms with Crippen LogP contribution in [0.2, 0.25) is 5.02 Å². The van der Waals surface area contributed by atoms with E-state index in [1.807, 2.05) is 18.2 Å². The quantitative estimate of drug-likeness (QED) is 0.206. The lowest BCUT2D eigenvalue weighted by Gasteiger charge is -2.13. The Labute approximate surface area is 216 Å². The fraction of sp³-hybridized carbons (Fsp3) is 0.0400. The Balaban J connectivity index is 1.41. The lowest BCUT2D eigenvalue weighted by molar-refractivity contribution is -0.113. The summed E-state index contributed by atoms with van der Waals surface area (Å²) >= 11 is 8.42. The van der Waals surface area contributed by atoms with Gasteiger partial charge in [-0.1, -0.05) is 53.7 Å². The Morgan fingerprint density at radius 2 is 1.83 bits per heavy atom. The molecule has 11 heteroatoms. The molecule has 3 aromatic carbocycles. The summed E-state index contributed by atoms with van der Waals surface area (Å²) in [6.45, 7) is 0. The van der Waals surface area contributed by atoms with Crippen LogP contribution in [-0.4, -0.2) is 26.2 Å². The lowest BCUT2D eigenvalue weighted by atomic mass is 10.2. The van der Waals surface area contributed by atoms with Gasteiger partial charge in [0.1, 0.15) is 11.6 Å². The van der Waals surface area contributed by atoms with Gasteiger partial charge in [-0.25, -0.2) is 18.7 Å². The van der Waals surface area contributed by atoms with E-state index in [1.165, 1.54) is 17.4 Å². The molecule has 0 aliphatic heterocycles. The summed E-state index contributed by atoms with van der Waals surface area (Å²) in [6, 6.07) is 16.8. The van der Waals surface area contributed by atoms with Gasteiger partial charge in [-0.2, -0.15) is 0 Å². The predicted molar refractivity (Wildman–Crippen MR) is 139 cm³/mol. The zero-order valence-electron chi connectivity index (χ0n) is 18.2. The van der Waals surface area contributed by atoms with Crippen LogP contribution in [0.5, 0.6) is 0 Å². The van der Waals surface area contributed by atoms with Gasteiger partial charge in [0.25, 0.3) is 5.56 Å². The summed E-state index contributed by atoms with van der Waals surface area (Å²) in [5.41, 5.74) is 1.08. The fourth-order valence-electron chi connectivity index (χ4n) is 3.49. The van der Waals surface area contributed by atoms with Crippen LogP contribution in [0.25, 0.3) is 27.8 Å². The van der Waals surface area contributed by atoms with Crippen molar-refractivity contribution in [2.45, 2.75) is 5.16 Å². The normalized spacial score (nSPS) is 11.1. The van der Waals surface area contributed by atoms with Crippen molar-refractivity contribution in [2.24, 2.45) is 0 Å². The van der Waals surface area contributed by atoms with Gasteiger partial charge >= 0.3 is 0 Å². The minimum Gasteiger partial charge on any atom is -0.301 e. The molecule has 0 radical (unpaired) electrons. The molecule has 0 bridgehead atoms. The number of benzene rings is 3. The molecule has 5 rings (SSSR count). The maximum atomic E-state index is 14.6. The van der Waals surface area contributed by atoms with E-state index in [9.17, 15) is 18.4 Å². The highest BCUT2D eigenvalue weighted by atomic mass is 35.5. The van der Waals surface area contributed by atoms with Crippen molar-refractivity contribution in [3.8, 4) is 16.9 Å². The van der Waals surface area contributed by atoms with Gasteiger partial charge in [0.2, 0.25) is 5.91 Å². The molecular formula is C25H15ClF2N4O2S2. The van der Waals surface area contributed by atoms with Crippen LogP contribution in [0.15, 0.2) is 82.1 Å². The molecule has 1 N–H and O–H groups in total. The number of aromatic nitrogens is 3. The van der Waals surface area contributed by atoms with Crippen LogP contribution in [0, 0.1) is 11.6 Å². The standard InChI is InChI=1S/C25H15ClF2N4O2S2/c26-17-7-3-1-5-15(17)20-12-35-24(29-20)31-22(33)13-36-25-30-19-8-4-2-6-16(19)23(34)32(25)21-10-9-14(27)11-18(21)28/h1-12H,13H2,(H,29,31,33). The number of halogens is 3. The zero-order chi connectivity index (χ0) is 25.2. The van der Waals surface area contributed by atoms with Crippen molar-refractivity contribution in [3.63, 3.8) is 0 Å². The van der Waals surface area contributed by atoms with E-state index in [0.29, 0.717) is 27.4 Å². The molecule has 2 heterocycles. The molecule has 0 spiro atoms. The lowest BCUT2D eigenvalue weighted by Crippen LogP contribution is -2.23. The second-order valence-electron chi connectivity index (χ2n) is 7.50. The number of thioether (sulfide) groups is 1. The molecule has 5 aromatic rings. The highest BCUT2D eigenvalue weighted by molar-refractivity contribution is 7.99. The van der Waals surface area contributed by atoms with E-state index in [0.717, 1.165) is 28.0 Å². The van der Waals surface area contributed by atoms with E-state index in [4.69, 9.17) is 11.6 Å². The first-order chi connectivity index (χ1) is 17.4. The maximum Gasteiger partial charge on any atom is 0.266 e. The number of fused-ring (bicyclic) bond motifs is 1. The van der Waals surface area contributed by atoms with Gasteiger partial charge in [0, 0.05) is 22.0 Å². The number of carbonyl (C=O) groups excluding carboxylic acids is 1. The smallest absolute Gasteiger partial charge is 0.266 e. The molecule has 0 aliphatic carbocycles. The topological polar surface area (TPSA) is 76.9 Å². The largest absolute Gasteiger partial charge is 0.301 e. The number of hydrogen-bond acceptors (Lipinski definition) is 6. The Morgan fingerprint density at radius 1 is 1.06 bits per heavy atom. The first-order valence-corrected chi connectivity index (χ1v) is 12.8. The summed E-state index contributed by atoms with van der Waals surface area (Å²) < 4.78 is 29.2. The van der Waals surface area contributed by atoms with Gasteiger partial charge in [0.05, 0.1) is 28.0 Å². The second-order valence-corrected chi connectivity index (χ2v) is 9.71. The third-order valence-electron chi connectivity index (χ3n) is 5.13. The SMILES string of the molecule is O=C(CSc1nc2ccccc2c(=O)n1-c1ccc(F)cc1F)Nc1nc(-c2ccccc2Cl)cs1. The van der Waals surface area contributed by atoms with Crippen molar-refractivity contribution in [1.29, 1.82) is 0 Å². The third-order valence-corrected chi connectivity index (χ3v) is 7.15. The Bertz CT molecular complexity index is 1670. The molecule has 0 saturated carbocycles. The molecule has 0 saturated heterocycles. The van der Waals surface area contributed by atoms with E-state index in [2.05, 4.69) is 15.3 Å². The van der Waals surface area contributed by atoms with Crippen molar-refractivity contribution >= 4 is 56.6 Å². The van der Waals surface area contributed by atoms with Crippen molar-refractivity contribution < 1.29 is 13.6 Å². The first kappa shape index (κ1) is 24.1. The van der Waals surface area contributed by atoms with Crippen molar-refractivity contribution in [3.05, 3.63) is 99.1 Å². The second kappa shape index (κ2) is 10.2. The molecule has 180 valence electrons. The number of nitrogens with one attached hydrogen (secondary N) is 1. The Hall–Kier alpha value is -3.60. The number of nitrogens with zero attached hydrogens (tertiary/aromatic N) is 3. The molecule has 36 heavy (non-hydrogen) atoms. The van der Waals surface area contributed by atoms with Crippen LogP contribution in [-0.2, 0) is 4.79 Å². The van der Waals surface area contributed by atoms with E-state index in [-0.39, 0.29) is 22.0 Å². The number of thiazole rings is 1. The molecular weight excluding hydrogens is 526 g/mol. The Morgan fingerprint density at radius 3 is 2.64 bits per heavy atom. The van der Waals surface area contributed by atoms with Crippen LogP contribution in [0.3, 0.4) is 0 Å². The van der Waals surface area contributed by atoms with Crippen LogP contribution in [0.1, 0.15) is 0 Å². The number of para-hydroxylation sites is 1. The third kappa shape index (κ3) is 4.88. The molecule has 1 amide bonds. The number of amides is 1. The molecule has 0 fully saturated rings. The molecule has 2 aromatic heterocycles. The van der Waals surface area contributed by atoms with Crippen LogP contribution >= 0.6 is 34.7 Å². The first-order valence-electron chi connectivity index (χ1n) is 10.5. The average molecular weight is 541 g/mol. The van der Waals surface area contributed by atoms with Gasteiger partial charge < -0.3 is 5.32 Å². The summed E-state index contributed by atoms with van der Waals surface area (Å²) in [6.07, 6.45) is 0. The summed E-state index contributed by atoms with van der Waals surface area (Å²) in [4.78, 5) is 34.8. The van der Waals surface area contributed by atoms with Gasteiger partial charge in [-0.05, 0) is 30.3 Å². The number of carbonyl (C=O) groups is 1. The molecule has 0 atom stereocenters. The van der Waals surface area contributed by atoms with Gasteiger partial charge in [0.15, 0.2) is 10.3 Å². The number of hydrogen-bond donors (Lipinski definition) is 1. The van der Waals surface area contributed by atoms with Crippen molar-refractivity contribution in [1.82, 2.24) is 14.5 Å². The van der Waals surface area contributed by atoms with E-state index in [1.54, 1.807) is 35.7 Å². The predicted octanol–water partition coefficient (Wildman–Crippen LogP) is 6.17. The fourth-order valence-corrected chi connectivity index (χ4v) is 5.26. The van der Waals surface area contributed by atoms with Crippen LogP contribution in [0.4, 0.5) is 13.9 Å². The molecule has 6 nitrogen and oxygen atoms in total. The molecule has 0 aliphatic rings. The van der Waals surface area contributed by atoms with Crippen molar-refractivity contribution in [2.75, 3.05) is 11.1 Å². The van der Waals surface area contributed by atoms with E-state index < -0.39 is 23.1 Å². The molecule has 0 unspecified atom stereocenters. The summed E-state index contributed by atoms with van der Waals surface area (Å²) in [5.74, 6) is -2.22. The maximum absolute atomic E-state index is 14.6. The Kier molecular flexibility index (Phi) is 6.82. The van der Waals surface area contributed by atoms with Gasteiger partial charge in [-0.15, -0.1) is 11.3 Å². The zero-order valence-corrected chi connectivity index (χ0v) is 20.6. The highest BCUT2D eigenvalue weighted by Gasteiger charge is 2.18. The number of rotatable bonds is 6. The minimum absolute atomic E-state index is 0.0928.